The van der Waals surface area contributed by atoms with Crippen LogP contribution in [0.1, 0.15) is 10.4 Å². The molecule has 2 aromatic heterocycles. The van der Waals surface area contributed by atoms with E-state index in [0.717, 1.165) is 0 Å². The number of rotatable bonds is 2. The minimum atomic E-state index is -1.00. The lowest BCUT2D eigenvalue weighted by Gasteiger charge is -1.93. The first-order valence-electron chi connectivity index (χ1n) is 5.13. The zero-order chi connectivity index (χ0) is 12.7. The summed E-state index contributed by atoms with van der Waals surface area (Å²) in [5.41, 5.74) is 1.26. The predicted molar refractivity (Wildman–Crippen MR) is 68.5 cm³/mol. The highest BCUT2D eigenvalue weighted by Gasteiger charge is 2.14. The number of imidazole rings is 1. The first-order valence-corrected chi connectivity index (χ1v) is 5.92. The van der Waals surface area contributed by atoms with Gasteiger partial charge in [-0.1, -0.05) is 6.07 Å². The summed E-state index contributed by atoms with van der Waals surface area (Å²) in [6.45, 7) is 0. The van der Waals surface area contributed by atoms with Crippen molar-refractivity contribution < 1.29 is 14.3 Å². The summed E-state index contributed by atoms with van der Waals surface area (Å²) in [4.78, 5) is 18.4. The molecule has 0 amide bonds. The second-order valence-electron chi connectivity index (χ2n) is 3.70. The Morgan fingerprint density at radius 2 is 2.17 bits per heavy atom. The van der Waals surface area contributed by atoms with Crippen molar-refractivity contribution >= 4 is 32.9 Å². The van der Waals surface area contributed by atoms with Crippen LogP contribution in [0.3, 0.4) is 0 Å². The third-order valence-electron chi connectivity index (χ3n) is 2.55. The molecule has 3 aromatic rings. The van der Waals surface area contributed by atoms with Gasteiger partial charge in [0.15, 0.2) is 16.3 Å². The molecule has 18 heavy (non-hydrogen) atoms. The quantitative estimate of drug-likeness (QED) is 0.761. The average Bonchev–Trinajstić information content (AvgIpc) is 2.93. The van der Waals surface area contributed by atoms with E-state index in [0.29, 0.717) is 27.3 Å². The van der Waals surface area contributed by atoms with Gasteiger partial charge in [0, 0.05) is 0 Å². The molecule has 0 aliphatic rings. The van der Waals surface area contributed by atoms with E-state index >= 15 is 0 Å². The van der Waals surface area contributed by atoms with Crippen LogP contribution < -0.4 is 0 Å². The van der Waals surface area contributed by atoms with Crippen LogP contribution in [0.4, 0.5) is 0 Å². The molecular formula is C12H7BrN2O3. The number of nitrogens with one attached hydrogen (secondary N) is 1. The molecule has 0 unspecified atom stereocenters. The van der Waals surface area contributed by atoms with Crippen molar-refractivity contribution in [2.24, 2.45) is 0 Å². The molecule has 0 bridgehead atoms. The van der Waals surface area contributed by atoms with Gasteiger partial charge in [0.2, 0.25) is 0 Å². The van der Waals surface area contributed by atoms with Gasteiger partial charge >= 0.3 is 5.97 Å². The molecule has 0 saturated carbocycles. The van der Waals surface area contributed by atoms with E-state index in [4.69, 9.17) is 9.52 Å². The highest BCUT2D eigenvalue weighted by molar-refractivity contribution is 9.10. The van der Waals surface area contributed by atoms with Gasteiger partial charge in [0.25, 0.3) is 0 Å². The lowest BCUT2D eigenvalue weighted by Crippen LogP contribution is -1.96. The fourth-order valence-corrected chi connectivity index (χ4v) is 2.07. The van der Waals surface area contributed by atoms with Crippen LogP contribution in [0.25, 0.3) is 22.6 Å². The normalized spacial score (nSPS) is 10.9. The second kappa shape index (κ2) is 3.99. The van der Waals surface area contributed by atoms with Crippen molar-refractivity contribution in [2.75, 3.05) is 0 Å². The van der Waals surface area contributed by atoms with Crippen molar-refractivity contribution in [3.05, 3.63) is 40.6 Å². The van der Waals surface area contributed by atoms with E-state index in [-0.39, 0.29) is 5.56 Å². The molecule has 0 aliphatic carbocycles. The Hall–Kier alpha value is -2.08. The average molecular weight is 307 g/mol. The maximum Gasteiger partial charge on any atom is 0.337 e. The number of carboxylic acid groups (broad SMARTS) is 1. The monoisotopic (exact) mass is 306 g/mol. The number of H-pyrrole nitrogens is 1. The van der Waals surface area contributed by atoms with Crippen LogP contribution >= 0.6 is 15.9 Å². The molecule has 0 fully saturated rings. The summed E-state index contributed by atoms with van der Waals surface area (Å²) in [5, 5.41) is 9.08. The summed E-state index contributed by atoms with van der Waals surface area (Å²) in [7, 11) is 0. The molecule has 90 valence electrons. The number of nitrogens with zero attached hydrogens (tertiary/aromatic N) is 1. The molecule has 1 aromatic carbocycles. The largest absolute Gasteiger partial charge is 0.478 e. The molecule has 6 heteroatoms. The van der Waals surface area contributed by atoms with Crippen molar-refractivity contribution in [3.63, 3.8) is 0 Å². The number of carboxylic acids is 1. The molecular weight excluding hydrogens is 300 g/mol. The molecule has 5 nitrogen and oxygen atoms in total. The minimum Gasteiger partial charge on any atom is -0.478 e. The van der Waals surface area contributed by atoms with Crippen molar-refractivity contribution in [3.8, 4) is 11.6 Å². The van der Waals surface area contributed by atoms with Crippen molar-refractivity contribution in [2.45, 2.75) is 0 Å². The zero-order valence-electron chi connectivity index (χ0n) is 8.98. The van der Waals surface area contributed by atoms with Crippen LogP contribution in [-0.4, -0.2) is 21.0 Å². The standard InChI is InChI=1S/C12H7BrN2O3/c13-9-5-4-8(18-9)11-14-7-3-1-2-6(12(16)17)10(7)15-11/h1-5H,(H,14,15)(H,16,17). The third-order valence-corrected chi connectivity index (χ3v) is 2.98. The van der Waals surface area contributed by atoms with Gasteiger partial charge in [-0.25, -0.2) is 9.78 Å². The highest BCUT2D eigenvalue weighted by atomic mass is 79.9. The van der Waals surface area contributed by atoms with E-state index < -0.39 is 5.97 Å². The zero-order valence-corrected chi connectivity index (χ0v) is 10.6. The first kappa shape index (κ1) is 11.0. The number of aromatic nitrogens is 2. The Bertz CT molecular complexity index is 745. The first-order chi connectivity index (χ1) is 8.65. The van der Waals surface area contributed by atoms with Crippen LogP contribution in [0.15, 0.2) is 39.4 Å². The van der Waals surface area contributed by atoms with E-state index in [1.165, 1.54) is 6.07 Å². The number of aromatic carboxylic acids is 1. The predicted octanol–water partition coefficient (Wildman–Crippen LogP) is 3.28. The van der Waals surface area contributed by atoms with Gasteiger partial charge in [-0.05, 0) is 40.2 Å². The van der Waals surface area contributed by atoms with Crippen molar-refractivity contribution in [1.29, 1.82) is 0 Å². The van der Waals surface area contributed by atoms with Gasteiger partial charge in [-0.15, -0.1) is 0 Å². The Balaban J connectivity index is 2.22. The summed E-state index contributed by atoms with van der Waals surface area (Å²) < 4.78 is 5.97. The highest BCUT2D eigenvalue weighted by Crippen LogP contribution is 2.26. The molecule has 0 saturated heterocycles. The number of benzene rings is 1. The van der Waals surface area contributed by atoms with Gasteiger partial charge in [-0.3, -0.25) is 0 Å². The lowest BCUT2D eigenvalue weighted by atomic mass is 10.2. The van der Waals surface area contributed by atoms with Gasteiger partial charge in [-0.2, -0.15) is 0 Å². The summed E-state index contributed by atoms with van der Waals surface area (Å²) in [6, 6.07) is 8.47. The van der Waals surface area contributed by atoms with Gasteiger partial charge in [0.1, 0.15) is 5.52 Å². The number of fused-ring (bicyclic) bond motifs is 1. The third kappa shape index (κ3) is 1.70. The second-order valence-corrected chi connectivity index (χ2v) is 4.48. The maximum atomic E-state index is 11.1. The fourth-order valence-electron chi connectivity index (χ4n) is 1.76. The van der Waals surface area contributed by atoms with Crippen LogP contribution in [0, 0.1) is 0 Å². The maximum absolute atomic E-state index is 11.1. The smallest absolute Gasteiger partial charge is 0.337 e. The van der Waals surface area contributed by atoms with Crippen LogP contribution in [0.2, 0.25) is 0 Å². The van der Waals surface area contributed by atoms with E-state index in [2.05, 4.69) is 25.9 Å². The van der Waals surface area contributed by atoms with Crippen LogP contribution in [0.5, 0.6) is 0 Å². The lowest BCUT2D eigenvalue weighted by molar-refractivity contribution is 0.0699. The molecule has 3 rings (SSSR count). The summed E-state index contributed by atoms with van der Waals surface area (Å²) in [6.07, 6.45) is 0. The number of hydrogen-bond donors (Lipinski definition) is 2. The molecule has 0 spiro atoms. The fraction of sp³-hybridized carbons (Fsp3) is 0. The molecule has 2 heterocycles. The Morgan fingerprint density at radius 1 is 1.33 bits per heavy atom. The van der Waals surface area contributed by atoms with Gasteiger partial charge < -0.3 is 14.5 Å². The van der Waals surface area contributed by atoms with Crippen molar-refractivity contribution in [1.82, 2.24) is 9.97 Å². The topological polar surface area (TPSA) is 79.1 Å². The summed E-state index contributed by atoms with van der Waals surface area (Å²) >= 11 is 3.21. The number of halogens is 1. The summed E-state index contributed by atoms with van der Waals surface area (Å²) in [5.74, 6) is 0.0538. The molecule has 0 atom stereocenters. The van der Waals surface area contributed by atoms with Gasteiger partial charge in [0.05, 0.1) is 11.1 Å². The van der Waals surface area contributed by atoms with E-state index in [1.54, 1.807) is 24.3 Å². The number of carbonyl (C=O) groups is 1. The van der Waals surface area contributed by atoms with E-state index in [9.17, 15) is 4.79 Å². The molecule has 2 N–H and O–H groups in total. The Labute approximate surface area is 110 Å². The van der Waals surface area contributed by atoms with Crippen LogP contribution in [-0.2, 0) is 0 Å². The Morgan fingerprint density at radius 3 is 2.83 bits per heavy atom. The SMILES string of the molecule is O=C(O)c1cccc2[nH]c(-c3ccc(Br)o3)nc12. The number of para-hydroxylation sites is 1. The Kier molecular flexibility index (Phi) is 2.45. The van der Waals surface area contributed by atoms with E-state index in [1.807, 2.05) is 0 Å². The minimum absolute atomic E-state index is 0.167. The number of aromatic amines is 1. The molecule has 0 aliphatic heterocycles. The molecule has 0 radical (unpaired) electrons. The number of furan rings is 1. The number of hydrogen-bond acceptors (Lipinski definition) is 3.